The van der Waals surface area contributed by atoms with Crippen molar-refractivity contribution in [3.8, 4) is 6.07 Å². The third-order valence-corrected chi connectivity index (χ3v) is 3.55. The summed E-state index contributed by atoms with van der Waals surface area (Å²) in [6.07, 6.45) is 3.86. The number of nitriles is 1. The summed E-state index contributed by atoms with van der Waals surface area (Å²) in [6, 6.07) is 2.24. The van der Waals surface area contributed by atoms with E-state index in [-0.39, 0.29) is 11.1 Å². The maximum absolute atomic E-state index is 8.62. The average molecular weight is 209 g/mol. The minimum atomic E-state index is 0.0435. The Morgan fingerprint density at radius 2 is 1.73 bits per heavy atom. The van der Waals surface area contributed by atoms with E-state index in [1.54, 1.807) is 0 Å². The Labute approximate surface area is 93.2 Å². The van der Waals surface area contributed by atoms with Gasteiger partial charge in [0.15, 0.2) is 0 Å². The summed E-state index contributed by atoms with van der Waals surface area (Å²) in [5.74, 6) is 6.78. The van der Waals surface area contributed by atoms with Crippen molar-refractivity contribution in [2.45, 2.75) is 64.5 Å². The lowest BCUT2D eigenvalue weighted by Crippen LogP contribution is -2.63. The molecule has 0 radical (unpaired) electrons. The van der Waals surface area contributed by atoms with Gasteiger partial charge < -0.3 is 0 Å². The van der Waals surface area contributed by atoms with Crippen molar-refractivity contribution >= 4 is 0 Å². The molecule has 0 aromatic heterocycles. The minimum Gasteiger partial charge on any atom is -0.268 e. The monoisotopic (exact) mass is 209 g/mol. The third kappa shape index (κ3) is 2.70. The molecule has 0 bridgehead atoms. The zero-order valence-corrected chi connectivity index (χ0v) is 10.4. The minimum absolute atomic E-state index is 0.0435. The van der Waals surface area contributed by atoms with Crippen LogP contribution in [0.4, 0.5) is 0 Å². The summed E-state index contributed by atoms with van der Waals surface area (Å²) in [5, 5.41) is 10.6. The molecule has 3 nitrogen and oxygen atoms in total. The second-order valence-corrected chi connectivity index (χ2v) is 5.97. The Morgan fingerprint density at radius 1 is 1.27 bits per heavy atom. The topological polar surface area (TPSA) is 53.0 Å². The lowest BCUT2D eigenvalue weighted by atomic mass is 9.73. The van der Waals surface area contributed by atoms with Crippen molar-refractivity contribution in [1.29, 1.82) is 5.26 Å². The Morgan fingerprint density at radius 3 is 2.13 bits per heavy atom. The van der Waals surface area contributed by atoms with Gasteiger partial charge in [0, 0.05) is 17.5 Å². The van der Waals surface area contributed by atoms with Gasteiger partial charge in [0.1, 0.15) is 0 Å². The first-order valence-corrected chi connectivity index (χ1v) is 5.71. The third-order valence-electron chi connectivity index (χ3n) is 3.55. The van der Waals surface area contributed by atoms with Gasteiger partial charge in [-0.25, -0.2) is 5.01 Å². The fourth-order valence-electron chi connectivity index (χ4n) is 2.97. The van der Waals surface area contributed by atoms with Crippen LogP contribution in [0.3, 0.4) is 0 Å². The first-order valence-electron chi connectivity index (χ1n) is 5.71. The molecule has 1 fully saturated rings. The number of hydrogen-bond acceptors (Lipinski definition) is 3. The van der Waals surface area contributed by atoms with Crippen molar-refractivity contribution < 1.29 is 0 Å². The van der Waals surface area contributed by atoms with Crippen LogP contribution in [0.1, 0.15) is 53.4 Å². The number of rotatable bonds is 2. The van der Waals surface area contributed by atoms with Gasteiger partial charge in [-0.05, 0) is 52.9 Å². The molecule has 86 valence electrons. The van der Waals surface area contributed by atoms with E-state index >= 15 is 0 Å². The number of nitrogens with two attached hydrogens (primary N) is 1. The van der Waals surface area contributed by atoms with Crippen LogP contribution in [-0.4, -0.2) is 16.1 Å². The molecule has 0 saturated carbocycles. The predicted octanol–water partition coefficient (Wildman–Crippen LogP) is 2.43. The molecule has 0 unspecified atom stereocenters. The van der Waals surface area contributed by atoms with Gasteiger partial charge in [-0.1, -0.05) is 0 Å². The van der Waals surface area contributed by atoms with Gasteiger partial charge >= 0.3 is 0 Å². The standard InChI is InChI=1S/C12H23N3/c1-11(2)8-10(6-5-7-13)9-12(3,4)15(11)14/h10H,5-6,8-9,14H2,1-4H3. The molecule has 0 aromatic rings. The van der Waals surface area contributed by atoms with Crippen LogP contribution >= 0.6 is 0 Å². The Balaban J connectivity index is 2.71. The molecule has 0 aromatic carbocycles. The quantitative estimate of drug-likeness (QED) is 0.711. The summed E-state index contributed by atoms with van der Waals surface area (Å²) >= 11 is 0. The fourth-order valence-corrected chi connectivity index (χ4v) is 2.97. The molecule has 1 aliphatic heterocycles. The first kappa shape index (κ1) is 12.5. The number of hydrogen-bond donors (Lipinski definition) is 1. The fraction of sp³-hybridized carbons (Fsp3) is 0.917. The highest BCUT2D eigenvalue weighted by molar-refractivity contribution is 4.97. The van der Waals surface area contributed by atoms with Crippen LogP contribution in [0, 0.1) is 17.2 Å². The highest BCUT2D eigenvalue weighted by Crippen LogP contribution is 2.40. The molecule has 1 rings (SSSR count). The second-order valence-electron chi connectivity index (χ2n) is 5.97. The van der Waals surface area contributed by atoms with Crippen molar-refractivity contribution in [3.05, 3.63) is 0 Å². The lowest BCUT2D eigenvalue weighted by molar-refractivity contribution is -0.0540. The number of piperidine rings is 1. The Kier molecular flexibility index (Phi) is 3.42. The normalized spacial score (nSPS) is 26.1. The van der Waals surface area contributed by atoms with Crippen molar-refractivity contribution in [3.63, 3.8) is 0 Å². The van der Waals surface area contributed by atoms with E-state index in [2.05, 4.69) is 33.8 Å². The highest BCUT2D eigenvalue weighted by Gasteiger charge is 2.43. The SMILES string of the molecule is CC1(C)CC(CCC#N)CC(C)(C)N1N. The molecule has 1 aliphatic rings. The summed E-state index contributed by atoms with van der Waals surface area (Å²) in [5.41, 5.74) is 0.0870. The molecule has 0 aliphatic carbocycles. The molecular weight excluding hydrogens is 186 g/mol. The molecular formula is C12H23N3. The number of hydrazine groups is 1. The zero-order valence-electron chi connectivity index (χ0n) is 10.4. The molecule has 15 heavy (non-hydrogen) atoms. The van der Waals surface area contributed by atoms with E-state index in [1.807, 2.05) is 5.01 Å². The molecule has 0 atom stereocenters. The smallest absolute Gasteiger partial charge is 0.0621 e. The molecule has 1 heterocycles. The predicted molar refractivity (Wildman–Crippen MR) is 61.8 cm³/mol. The van der Waals surface area contributed by atoms with Crippen LogP contribution < -0.4 is 5.84 Å². The van der Waals surface area contributed by atoms with Crippen molar-refractivity contribution in [2.75, 3.05) is 0 Å². The largest absolute Gasteiger partial charge is 0.268 e. The van der Waals surface area contributed by atoms with Crippen LogP contribution in [0.15, 0.2) is 0 Å². The van der Waals surface area contributed by atoms with Gasteiger partial charge in [0.05, 0.1) is 6.07 Å². The number of nitrogens with zero attached hydrogens (tertiary/aromatic N) is 2. The lowest BCUT2D eigenvalue weighted by Gasteiger charge is -2.53. The summed E-state index contributed by atoms with van der Waals surface area (Å²) in [6.45, 7) is 8.75. The van der Waals surface area contributed by atoms with Crippen LogP contribution in [-0.2, 0) is 0 Å². The van der Waals surface area contributed by atoms with Gasteiger partial charge in [-0.2, -0.15) is 5.26 Å². The molecule has 2 N–H and O–H groups in total. The van der Waals surface area contributed by atoms with E-state index in [0.29, 0.717) is 12.3 Å². The summed E-state index contributed by atoms with van der Waals surface area (Å²) in [7, 11) is 0. The summed E-state index contributed by atoms with van der Waals surface area (Å²) < 4.78 is 0. The van der Waals surface area contributed by atoms with Crippen LogP contribution in [0.25, 0.3) is 0 Å². The summed E-state index contributed by atoms with van der Waals surface area (Å²) in [4.78, 5) is 0. The maximum atomic E-state index is 8.62. The van der Waals surface area contributed by atoms with Crippen LogP contribution in [0.2, 0.25) is 0 Å². The Hall–Kier alpha value is -0.590. The molecule has 1 saturated heterocycles. The second kappa shape index (κ2) is 4.11. The van der Waals surface area contributed by atoms with E-state index in [0.717, 1.165) is 19.3 Å². The molecule has 3 heteroatoms. The molecule has 0 spiro atoms. The van der Waals surface area contributed by atoms with Gasteiger partial charge in [0.2, 0.25) is 0 Å². The van der Waals surface area contributed by atoms with Gasteiger partial charge in [0.25, 0.3) is 0 Å². The van der Waals surface area contributed by atoms with Crippen LogP contribution in [0.5, 0.6) is 0 Å². The van der Waals surface area contributed by atoms with Crippen molar-refractivity contribution in [2.24, 2.45) is 11.8 Å². The van der Waals surface area contributed by atoms with E-state index < -0.39 is 0 Å². The Bertz CT molecular complexity index is 245. The van der Waals surface area contributed by atoms with Crippen molar-refractivity contribution in [1.82, 2.24) is 5.01 Å². The van der Waals surface area contributed by atoms with E-state index in [4.69, 9.17) is 11.1 Å². The maximum Gasteiger partial charge on any atom is 0.0621 e. The van der Waals surface area contributed by atoms with Gasteiger partial charge in [-0.15, -0.1) is 0 Å². The van der Waals surface area contributed by atoms with E-state index in [9.17, 15) is 0 Å². The van der Waals surface area contributed by atoms with Gasteiger partial charge in [-0.3, -0.25) is 5.84 Å². The highest BCUT2D eigenvalue weighted by atomic mass is 15.5. The average Bonchev–Trinajstić information content (AvgIpc) is 2.10. The van der Waals surface area contributed by atoms with E-state index in [1.165, 1.54) is 0 Å². The first-order chi connectivity index (χ1) is 6.79. The molecule has 0 amide bonds. The zero-order chi connectivity index (χ0) is 11.7.